The van der Waals surface area contributed by atoms with Crippen LogP contribution in [0.25, 0.3) is 11.5 Å². The Kier molecular flexibility index (Phi) is 5.70. The Morgan fingerprint density at radius 2 is 2.00 bits per heavy atom. The molecule has 4 rings (SSSR count). The fraction of sp³-hybridized carbons (Fsp3) is 0.348. The summed E-state index contributed by atoms with van der Waals surface area (Å²) in [6.07, 6.45) is 6.94. The summed E-state index contributed by atoms with van der Waals surface area (Å²) in [6, 6.07) is 11.8. The quantitative estimate of drug-likeness (QED) is 0.609. The van der Waals surface area contributed by atoms with Crippen LogP contribution in [0.1, 0.15) is 35.7 Å². The maximum Gasteiger partial charge on any atom is 0.310 e. The molecule has 1 saturated heterocycles. The van der Waals surface area contributed by atoms with Gasteiger partial charge in [0.25, 0.3) is 5.91 Å². The molecule has 3 aromatic rings. The molecule has 1 amide bonds. The zero-order chi connectivity index (χ0) is 21.1. The standard InChI is InChI=1S/C23H26N4O3/c1-3-30-23(29)18-9-7-13-26(16-18)22(28)20-15-24-27(19-10-6-8-17(2)14-19)21(20)25-11-4-5-12-25/h4-6,8,10-12,14-15,18H,3,7,9,13,16H2,1-2H3/t18-/m1/s1. The number of carbonyl (C=O) groups is 2. The molecule has 156 valence electrons. The lowest BCUT2D eigenvalue weighted by molar-refractivity contribution is -0.149. The number of likely N-dealkylation sites (tertiary alicyclic amines) is 1. The maximum atomic E-state index is 13.5. The number of ether oxygens (including phenoxy) is 1. The summed E-state index contributed by atoms with van der Waals surface area (Å²) >= 11 is 0. The van der Waals surface area contributed by atoms with Gasteiger partial charge in [-0.1, -0.05) is 12.1 Å². The molecule has 1 atom stereocenters. The van der Waals surface area contributed by atoms with Crippen LogP contribution in [0.3, 0.4) is 0 Å². The molecule has 2 aromatic heterocycles. The molecule has 0 bridgehead atoms. The topological polar surface area (TPSA) is 69.4 Å². The minimum absolute atomic E-state index is 0.119. The third-order valence-electron chi connectivity index (χ3n) is 5.40. The molecular formula is C23H26N4O3. The Hall–Kier alpha value is -3.35. The lowest BCUT2D eigenvalue weighted by Gasteiger charge is -2.31. The highest BCUT2D eigenvalue weighted by atomic mass is 16.5. The number of hydrogen-bond acceptors (Lipinski definition) is 4. The lowest BCUT2D eigenvalue weighted by atomic mass is 9.97. The Balaban J connectivity index is 1.69. The van der Waals surface area contributed by atoms with Crippen molar-refractivity contribution in [3.05, 3.63) is 66.1 Å². The summed E-state index contributed by atoms with van der Waals surface area (Å²) in [5.74, 6) is 0.0704. The normalized spacial score (nSPS) is 16.5. The first-order valence-corrected chi connectivity index (χ1v) is 10.3. The van der Waals surface area contributed by atoms with Gasteiger partial charge in [0, 0.05) is 25.5 Å². The predicted octanol–water partition coefficient (Wildman–Crippen LogP) is 3.39. The summed E-state index contributed by atoms with van der Waals surface area (Å²) in [5.41, 5.74) is 2.51. The Morgan fingerprint density at radius 1 is 1.20 bits per heavy atom. The monoisotopic (exact) mass is 406 g/mol. The van der Waals surface area contributed by atoms with Crippen LogP contribution in [0.2, 0.25) is 0 Å². The second-order valence-corrected chi connectivity index (χ2v) is 7.57. The van der Waals surface area contributed by atoms with Gasteiger partial charge in [-0.3, -0.25) is 9.59 Å². The van der Waals surface area contributed by atoms with Crippen molar-refractivity contribution in [2.75, 3.05) is 19.7 Å². The molecule has 0 aliphatic carbocycles. The van der Waals surface area contributed by atoms with Crippen LogP contribution in [-0.2, 0) is 9.53 Å². The molecule has 0 unspecified atom stereocenters. The lowest BCUT2D eigenvalue weighted by Crippen LogP contribution is -2.43. The van der Waals surface area contributed by atoms with E-state index in [2.05, 4.69) is 5.10 Å². The number of aryl methyl sites for hydroxylation is 1. The first kappa shape index (κ1) is 19.9. The molecular weight excluding hydrogens is 380 g/mol. The van der Waals surface area contributed by atoms with Gasteiger partial charge in [-0.05, 0) is 56.5 Å². The van der Waals surface area contributed by atoms with Crippen molar-refractivity contribution in [1.82, 2.24) is 19.2 Å². The molecule has 0 spiro atoms. The van der Waals surface area contributed by atoms with Crippen molar-refractivity contribution < 1.29 is 14.3 Å². The molecule has 0 N–H and O–H groups in total. The van der Waals surface area contributed by atoms with Crippen molar-refractivity contribution in [1.29, 1.82) is 0 Å². The van der Waals surface area contributed by atoms with Crippen molar-refractivity contribution in [2.24, 2.45) is 5.92 Å². The molecule has 1 aliphatic heterocycles. The van der Waals surface area contributed by atoms with Gasteiger partial charge in [0.05, 0.1) is 24.4 Å². The molecule has 0 radical (unpaired) electrons. The van der Waals surface area contributed by atoms with E-state index in [4.69, 9.17) is 4.74 Å². The largest absolute Gasteiger partial charge is 0.466 e. The molecule has 30 heavy (non-hydrogen) atoms. The Morgan fingerprint density at radius 3 is 2.73 bits per heavy atom. The van der Waals surface area contributed by atoms with Crippen LogP contribution in [0.5, 0.6) is 0 Å². The van der Waals surface area contributed by atoms with E-state index in [0.717, 1.165) is 24.1 Å². The second kappa shape index (κ2) is 8.57. The maximum absolute atomic E-state index is 13.5. The molecule has 0 saturated carbocycles. The van der Waals surface area contributed by atoms with Crippen LogP contribution in [0.15, 0.2) is 55.0 Å². The molecule has 1 aliphatic rings. The van der Waals surface area contributed by atoms with E-state index < -0.39 is 0 Å². The van der Waals surface area contributed by atoms with Crippen LogP contribution < -0.4 is 0 Å². The minimum Gasteiger partial charge on any atom is -0.466 e. The summed E-state index contributed by atoms with van der Waals surface area (Å²) in [4.78, 5) is 27.4. The fourth-order valence-electron chi connectivity index (χ4n) is 3.95. The van der Waals surface area contributed by atoms with Gasteiger partial charge >= 0.3 is 5.97 Å². The van der Waals surface area contributed by atoms with E-state index in [1.807, 2.05) is 60.3 Å². The van der Waals surface area contributed by atoms with Crippen molar-refractivity contribution in [3.63, 3.8) is 0 Å². The second-order valence-electron chi connectivity index (χ2n) is 7.57. The minimum atomic E-state index is -0.274. The van der Waals surface area contributed by atoms with Gasteiger partial charge in [0.1, 0.15) is 5.56 Å². The van der Waals surface area contributed by atoms with E-state index in [1.165, 1.54) is 0 Å². The number of esters is 1. The first-order chi connectivity index (χ1) is 14.6. The fourth-order valence-corrected chi connectivity index (χ4v) is 3.95. The highest BCUT2D eigenvalue weighted by Crippen LogP contribution is 2.25. The number of amides is 1. The van der Waals surface area contributed by atoms with Gasteiger partial charge in [-0.15, -0.1) is 0 Å². The third-order valence-corrected chi connectivity index (χ3v) is 5.40. The van der Waals surface area contributed by atoms with Crippen molar-refractivity contribution >= 4 is 11.9 Å². The first-order valence-electron chi connectivity index (χ1n) is 10.3. The molecule has 7 nitrogen and oxygen atoms in total. The van der Waals surface area contributed by atoms with Gasteiger partial charge < -0.3 is 14.2 Å². The zero-order valence-corrected chi connectivity index (χ0v) is 17.3. The van der Waals surface area contributed by atoms with E-state index in [0.29, 0.717) is 31.1 Å². The predicted molar refractivity (Wildman–Crippen MR) is 113 cm³/mol. The van der Waals surface area contributed by atoms with E-state index >= 15 is 0 Å². The third kappa shape index (κ3) is 3.87. The number of benzene rings is 1. The number of nitrogens with zero attached hydrogens (tertiary/aromatic N) is 4. The van der Waals surface area contributed by atoms with E-state index in [9.17, 15) is 9.59 Å². The van der Waals surface area contributed by atoms with Gasteiger partial charge in [0.2, 0.25) is 0 Å². The number of piperidine rings is 1. The van der Waals surface area contributed by atoms with Gasteiger partial charge in [0.15, 0.2) is 5.82 Å². The van der Waals surface area contributed by atoms with Crippen LogP contribution in [0.4, 0.5) is 0 Å². The van der Waals surface area contributed by atoms with Crippen molar-refractivity contribution in [3.8, 4) is 11.5 Å². The molecule has 1 fully saturated rings. The Labute approximate surface area is 175 Å². The summed E-state index contributed by atoms with van der Waals surface area (Å²) in [5, 5.41) is 4.54. The number of carbonyl (C=O) groups excluding carboxylic acids is 2. The van der Waals surface area contributed by atoms with Gasteiger partial charge in [-0.2, -0.15) is 5.10 Å². The average molecular weight is 406 g/mol. The zero-order valence-electron chi connectivity index (χ0n) is 17.3. The van der Waals surface area contributed by atoms with Crippen LogP contribution in [0, 0.1) is 12.8 Å². The van der Waals surface area contributed by atoms with Crippen molar-refractivity contribution in [2.45, 2.75) is 26.7 Å². The molecule has 7 heteroatoms. The summed E-state index contributed by atoms with van der Waals surface area (Å²) in [7, 11) is 0. The average Bonchev–Trinajstić information content (AvgIpc) is 3.43. The summed E-state index contributed by atoms with van der Waals surface area (Å²) < 4.78 is 8.86. The highest BCUT2D eigenvalue weighted by molar-refractivity contribution is 5.97. The van der Waals surface area contributed by atoms with Crippen LogP contribution >= 0.6 is 0 Å². The highest BCUT2D eigenvalue weighted by Gasteiger charge is 2.32. The number of rotatable bonds is 5. The SMILES string of the molecule is CCOC(=O)[C@@H]1CCCN(C(=O)c2cnn(-c3cccc(C)c3)c2-n2cccc2)C1. The molecule has 1 aromatic carbocycles. The van der Waals surface area contributed by atoms with Crippen LogP contribution in [-0.4, -0.2) is 50.8 Å². The number of hydrogen-bond donors (Lipinski definition) is 0. The smallest absolute Gasteiger partial charge is 0.310 e. The van der Waals surface area contributed by atoms with Gasteiger partial charge in [-0.25, -0.2) is 4.68 Å². The number of aromatic nitrogens is 3. The van der Waals surface area contributed by atoms with E-state index in [-0.39, 0.29) is 17.8 Å². The molecule has 3 heterocycles. The summed E-state index contributed by atoms with van der Waals surface area (Å²) in [6.45, 7) is 5.17. The Bertz CT molecular complexity index is 1040. The van der Waals surface area contributed by atoms with E-state index in [1.54, 1.807) is 22.7 Å².